The summed E-state index contributed by atoms with van der Waals surface area (Å²) in [6, 6.07) is 7.35. The van der Waals surface area contributed by atoms with E-state index < -0.39 is 0 Å². The van der Waals surface area contributed by atoms with E-state index in [-0.39, 0.29) is 17.4 Å². The minimum Gasteiger partial charge on any atom is -0.342 e. The molecule has 3 aliphatic rings. The Bertz CT molecular complexity index is 1360. The maximum absolute atomic E-state index is 13.1. The first kappa shape index (κ1) is 23.7. The van der Waals surface area contributed by atoms with Crippen molar-refractivity contribution in [2.75, 3.05) is 31.5 Å². The number of nitrogens with zero attached hydrogens (tertiary/aromatic N) is 7. The molecule has 0 bridgehead atoms. The number of fused-ring (bicyclic) bond motifs is 2. The molecule has 0 spiro atoms. The Hall–Kier alpha value is -3.66. The molecule has 0 saturated carbocycles. The molecule has 2 amide bonds. The Morgan fingerprint density at radius 3 is 2.73 bits per heavy atom. The molecule has 0 radical (unpaired) electrons. The molecule has 0 atom stereocenters. The van der Waals surface area contributed by atoms with E-state index in [0.29, 0.717) is 36.1 Å². The molecule has 0 aromatic carbocycles. The van der Waals surface area contributed by atoms with Crippen molar-refractivity contribution in [3.63, 3.8) is 0 Å². The number of aromatic nitrogens is 5. The lowest BCUT2D eigenvalue weighted by Gasteiger charge is -2.29. The van der Waals surface area contributed by atoms with Crippen LogP contribution >= 0.6 is 0 Å². The van der Waals surface area contributed by atoms with Crippen LogP contribution in [0.2, 0.25) is 0 Å². The average molecular weight is 501 g/mol. The summed E-state index contributed by atoms with van der Waals surface area (Å²) in [6.07, 6.45) is 6.69. The summed E-state index contributed by atoms with van der Waals surface area (Å²) in [5, 5.41) is 11.6. The Morgan fingerprint density at radius 2 is 1.89 bits per heavy atom. The van der Waals surface area contributed by atoms with Crippen LogP contribution < -0.4 is 5.32 Å². The van der Waals surface area contributed by atoms with Crippen molar-refractivity contribution in [3.8, 4) is 11.5 Å². The van der Waals surface area contributed by atoms with Gasteiger partial charge in [-0.1, -0.05) is 6.07 Å². The van der Waals surface area contributed by atoms with Crippen LogP contribution in [-0.2, 0) is 29.7 Å². The molecule has 1 N–H and O–H groups in total. The fourth-order valence-corrected chi connectivity index (χ4v) is 5.63. The standard InChI is InChI=1S/C27H32N8O2/c1-27(2)10-8-23-31-32-25(35(23)27)20-6-5-7-22(29-20)30-26(37)21-14-19-16-33(13-9-18(19)15-28-21)17-24(36)34-11-3-4-12-34/h5-7,14-15H,3-4,8-13,16-17H2,1-2H3,(H,29,30,37). The summed E-state index contributed by atoms with van der Waals surface area (Å²) in [7, 11) is 0. The lowest BCUT2D eigenvalue weighted by Crippen LogP contribution is -2.41. The maximum Gasteiger partial charge on any atom is 0.275 e. The largest absolute Gasteiger partial charge is 0.342 e. The predicted molar refractivity (Wildman–Crippen MR) is 138 cm³/mol. The SMILES string of the molecule is CC1(C)CCc2nnc(-c3cccc(NC(=O)c4cc5c(cn4)CCN(CC(=O)N4CCCC4)C5)n3)n21. The van der Waals surface area contributed by atoms with Crippen LogP contribution in [0, 0.1) is 0 Å². The summed E-state index contributed by atoms with van der Waals surface area (Å²) in [5.41, 5.74) is 3.11. The van der Waals surface area contributed by atoms with Crippen LogP contribution in [0.25, 0.3) is 11.5 Å². The highest BCUT2D eigenvalue weighted by molar-refractivity contribution is 6.02. The van der Waals surface area contributed by atoms with Gasteiger partial charge in [-0.2, -0.15) is 0 Å². The molecule has 0 unspecified atom stereocenters. The van der Waals surface area contributed by atoms with Crippen LogP contribution in [0.15, 0.2) is 30.5 Å². The van der Waals surface area contributed by atoms with Gasteiger partial charge in [-0.05, 0) is 68.9 Å². The summed E-state index contributed by atoms with van der Waals surface area (Å²) >= 11 is 0. The summed E-state index contributed by atoms with van der Waals surface area (Å²) in [6.45, 7) is 7.95. The molecule has 6 rings (SSSR count). The summed E-state index contributed by atoms with van der Waals surface area (Å²) in [4.78, 5) is 38.9. The molecule has 0 aliphatic carbocycles. The van der Waals surface area contributed by atoms with Gasteiger partial charge in [0.15, 0.2) is 5.82 Å². The second kappa shape index (κ2) is 9.33. The first-order valence-electron chi connectivity index (χ1n) is 13.1. The number of carbonyl (C=O) groups excluding carboxylic acids is 2. The van der Waals surface area contributed by atoms with E-state index in [4.69, 9.17) is 0 Å². The number of hydrogen-bond acceptors (Lipinski definition) is 7. The van der Waals surface area contributed by atoms with Crippen LogP contribution in [0.5, 0.6) is 0 Å². The zero-order chi connectivity index (χ0) is 25.6. The topological polar surface area (TPSA) is 109 Å². The van der Waals surface area contributed by atoms with Crippen molar-refractivity contribution in [1.82, 2.24) is 34.5 Å². The summed E-state index contributed by atoms with van der Waals surface area (Å²) in [5.74, 6) is 1.99. The van der Waals surface area contributed by atoms with Gasteiger partial charge in [0.2, 0.25) is 5.91 Å². The Morgan fingerprint density at radius 1 is 1.05 bits per heavy atom. The van der Waals surface area contributed by atoms with Crippen molar-refractivity contribution >= 4 is 17.6 Å². The van der Waals surface area contributed by atoms with Gasteiger partial charge in [0.1, 0.15) is 23.0 Å². The summed E-state index contributed by atoms with van der Waals surface area (Å²) < 4.78 is 2.15. The molecule has 10 nitrogen and oxygen atoms in total. The van der Waals surface area contributed by atoms with Crippen LogP contribution in [0.1, 0.15) is 60.5 Å². The predicted octanol–water partition coefficient (Wildman–Crippen LogP) is 2.65. The van der Waals surface area contributed by atoms with E-state index in [0.717, 1.165) is 68.7 Å². The first-order chi connectivity index (χ1) is 17.9. The minimum atomic E-state index is -0.315. The van der Waals surface area contributed by atoms with Gasteiger partial charge in [0, 0.05) is 44.3 Å². The van der Waals surface area contributed by atoms with E-state index in [1.807, 2.05) is 23.1 Å². The van der Waals surface area contributed by atoms with Gasteiger partial charge in [-0.15, -0.1) is 10.2 Å². The zero-order valence-corrected chi connectivity index (χ0v) is 21.4. The smallest absolute Gasteiger partial charge is 0.275 e. The van der Waals surface area contributed by atoms with Crippen molar-refractivity contribution in [3.05, 3.63) is 53.1 Å². The molecule has 192 valence electrons. The maximum atomic E-state index is 13.1. The Kier molecular flexibility index (Phi) is 5.98. The number of amides is 2. The quantitative estimate of drug-likeness (QED) is 0.574. The van der Waals surface area contributed by atoms with E-state index in [1.54, 1.807) is 12.3 Å². The number of aryl methyl sites for hydroxylation is 1. The van der Waals surface area contributed by atoms with E-state index in [9.17, 15) is 9.59 Å². The van der Waals surface area contributed by atoms with Crippen LogP contribution in [-0.4, -0.2) is 72.5 Å². The molecular weight excluding hydrogens is 468 g/mol. The van der Waals surface area contributed by atoms with Crippen molar-refractivity contribution in [2.24, 2.45) is 0 Å². The molecule has 3 aromatic rings. The average Bonchev–Trinajstić information content (AvgIpc) is 3.63. The minimum absolute atomic E-state index is 0.0743. The third-order valence-corrected chi connectivity index (χ3v) is 7.74. The molecule has 3 aromatic heterocycles. The van der Waals surface area contributed by atoms with Gasteiger partial charge in [-0.3, -0.25) is 19.5 Å². The van der Waals surface area contributed by atoms with Crippen molar-refractivity contribution in [2.45, 2.75) is 58.0 Å². The van der Waals surface area contributed by atoms with E-state index in [2.05, 4.69) is 48.8 Å². The second-order valence-electron chi connectivity index (χ2n) is 10.8. The highest BCUT2D eigenvalue weighted by Crippen LogP contribution is 2.35. The lowest BCUT2D eigenvalue weighted by molar-refractivity contribution is -0.131. The molecule has 37 heavy (non-hydrogen) atoms. The van der Waals surface area contributed by atoms with Crippen LogP contribution in [0.4, 0.5) is 5.82 Å². The third kappa shape index (κ3) is 4.61. The van der Waals surface area contributed by atoms with E-state index >= 15 is 0 Å². The lowest BCUT2D eigenvalue weighted by atomic mass is 10.0. The van der Waals surface area contributed by atoms with Gasteiger partial charge in [0.05, 0.1) is 6.54 Å². The molecule has 10 heteroatoms. The molecule has 3 aliphatic heterocycles. The number of likely N-dealkylation sites (tertiary alicyclic amines) is 1. The highest BCUT2D eigenvalue weighted by Gasteiger charge is 2.34. The number of carbonyl (C=O) groups is 2. The number of anilines is 1. The monoisotopic (exact) mass is 500 g/mol. The van der Waals surface area contributed by atoms with Gasteiger partial charge >= 0.3 is 0 Å². The molecule has 1 saturated heterocycles. The molecule has 6 heterocycles. The van der Waals surface area contributed by atoms with Gasteiger partial charge in [0.25, 0.3) is 5.91 Å². The Balaban J connectivity index is 1.16. The van der Waals surface area contributed by atoms with Gasteiger partial charge < -0.3 is 14.8 Å². The van der Waals surface area contributed by atoms with Crippen molar-refractivity contribution in [1.29, 1.82) is 0 Å². The fourth-order valence-electron chi connectivity index (χ4n) is 5.63. The zero-order valence-electron chi connectivity index (χ0n) is 21.4. The van der Waals surface area contributed by atoms with Crippen LogP contribution in [0.3, 0.4) is 0 Å². The number of pyridine rings is 2. The van der Waals surface area contributed by atoms with Crippen molar-refractivity contribution < 1.29 is 9.59 Å². The number of nitrogens with one attached hydrogen (secondary N) is 1. The third-order valence-electron chi connectivity index (χ3n) is 7.74. The Labute approximate surface area is 216 Å². The van der Waals surface area contributed by atoms with E-state index in [1.165, 1.54) is 0 Å². The molecule has 1 fully saturated rings. The number of rotatable bonds is 5. The number of hydrogen-bond donors (Lipinski definition) is 1. The second-order valence-corrected chi connectivity index (χ2v) is 10.8. The normalized spacial score (nSPS) is 18.5. The fraction of sp³-hybridized carbons (Fsp3) is 0.481. The first-order valence-corrected chi connectivity index (χ1v) is 13.1. The highest BCUT2D eigenvalue weighted by atomic mass is 16.2. The van der Waals surface area contributed by atoms with Gasteiger partial charge in [-0.25, -0.2) is 4.98 Å². The molecular formula is C27H32N8O2.